The predicted molar refractivity (Wildman–Crippen MR) is 37.2 cm³/mol. The van der Waals surface area contributed by atoms with Gasteiger partial charge in [0.15, 0.2) is 0 Å². The molecule has 3 N–H and O–H groups in total. The van der Waals surface area contributed by atoms with Crippen molar-refractivity contribution in [1.29, 1.82) is 0 Å². The van der Waals surface area contributed by atoms with Crippen LogP contribution in [0.4, 0.5) is 0 Å². The smallest absolute Gasteiger partial charge is 0.103 e. The van der Waals surface area contributed by atoms with E-state index in [2.05, 4.69) is 5.92 Å². The molecule has 0 unspecified atom stereocenters. The lowest BCUT2D eigenvalue weighted by Crippen LogP contribution is -2.28. The molecule has 0 aliphatic rings. The Morgan fingerprint density at radius 2 is 1.90 bits per heavy atom. The fraction of sp³-hybridized carbons (Fsp3) is 0.714. The average molecular weight is 144 g/mol. The summed E-state index contributed by atoms with van der Waals surface area (Å²) in [6.45, 7) is -0.425. The minimum absolute atomic E-state index is 0.332. The fourth-order valence-corrected chi connectivity index (χ4v) is 0.545. The second-order valence-electron chi connectivity index (χ2n) is 2.06. The Morgan fingerprint density at radius 1 is 1.30 bits per heavy atom. The topological polar surface area (TPSA) is 60.7 Å². The van der Waals surface area contributed by atoms with E-state index >= 15 is 0 Å². The maximum Gasteiger partial charge on any atom is 0.103 e. The predicted octanol–water partition coefficient (Wildman–Crippen LogP) is -0.886. The Hall–Kier alpha value is -0.560. The number of aliphatic hydroxyl groups excluding tert-OH is 3. The lowest BCUT2D eigenvalue weighted by atomic mass is 10.1. The standard InChI is InChI=1S/C7H12O3/c1-2-3-4-6(9)7(10)5-8/h1,6-10H,3-5H2/t6-,7-/m1/s1. The van der Waals surface area contributed by atoms with Crippen molar-refractivity contribution >= 4 is 0 Å². The van der Waals surface area contributed by atoms with Gasteiger partial charge in [-0.2, -0.15) is 0 Å². The third-order valence-corrected chi connectivity index (χ3v) is 1.22. The quantitative estimate of drug-likeness (QED) is 0.449. The van der Waals surface area contributed by atoms with Crippen molar-refractivity contribution in [2.24, 2.45) is 0 Å². The van der Waals surface area contributed by atoms with E-state index in [1.807, 2.05) is 0 Å². The van der Waals surface area contributed by atoms with Crippen molar-refractivity contribution in [3.8, 4) is 12.3 Å². The molecule has 0 amide bonds. The zero-order valence-electron chi connectivity index (χ0n) is 5.70. The van der Waals surface area contributed by atoms with Gasteiger partial charge in [-0.3, -0.25) is 0 Å². The lowest BCUT2D eigenvalue weighted by molar-refractivity contribution is -0.0167. The zero-order valence-corrected chi connectivity index (χ0v) is 5.70. The number of rotatable bonds is 4. The Balaban J connectivity index is 3.43. The molecular formula is C7H12O3. The van der Waals surface area contributed by atoms with Gasteiger partial charge in [-0.1, -0.05) is 0 Å². The van der Waals surface area contributed by atoms with Gasteiger partial charge in [0.2, 0.25) is 0 Å². The van der Waals surface area contributed by atoms with Crippen LogP contribution in [0.3, 0.4) is 0 Å². The van der Waals surface area contributed by atoms with E-state index in [9.17, 15) is 0 Å². The van der Waals surface area contributed by atoms with E-state index in [-0.39, 0.29) is 0 Å². The number of terminal acetylenes is 1. The van der Waals surface area contributed by atoms with Crippen molar-refractivity contribution in [2.45, 2.75) is 25.0 Å². The van der Waals surface area contributed by atoms with E-state index in [0.29, 0.717) is 12.8 Å². The van der Waals surface area contributed by atoms with Crippen LogP contribution >= 0.6 is 0 Å². The Morgan fingerprint density at radius 3 is 2.30 bits per heavy atom. The first-order chi connectivity index (χ1) is 4.72. The summed E-state index contributed by atoms with van der Waals surface area (Å²) in [5.74, 6) is 2.32. The van der Waals surface area contributed by atoms with Crippen LogP contribution in [-0.2, 0) is 0 Å². The molecule has 3 heteroatoms. The first kappa shape index (κ1) is 9.44. The van der Waals surface area contributed by atoms with Gasteiger partial charge in [-0.15, -0.1) is 12.3 Å². The third-order valence-electron chi connectivity index (χ3n) is 1.22. The highest BCUT2D eigenvalue weighted by Gasteiger charge is 2.13. The van der Waals surface area contributed by atoms with E-state index in [4.69, 9.17) is 21.7 Å². The monoisotopic (exact) mass is 144 g/mol. The Bertz CT molecular complexity index is 117. The summed E-state index contributed by atoms with van der Waals surface area (Å²) in [5, 5.41) is 26.1. The molecule has 0 fully saturated rings. The summed E-state index contributed by atoms with van der Waals surface area (Å²) in [7, 11) is 0. The molecule has 0 aromatic heterocycles. The lowest BCUT2D eigenvalue weighted by Gasteiger charge is -2.13. The highest BCUT2D eigenvalue weighted by atomic mass is 16.4. The molecule has 0 spiro atoms. The van der Waals surface area contributed by atoms with Crippen LogP contribution in [-0.4, -0.2) is 34.1 Å². The second kappa shape index (κ2) is 5.24. The molecule has 0 aliphatic carbocycles. The summed E-state index contributed by atoms with van der Waals surface area (Å²) in [4.78, 5) is 0. The van der Waals surface area contributed by atoms with Crippen molar-refractivity contribution in [2.75, 3.05) is 6.61 Å². The van der Waals surface area contributed by atoms with Gasteiger partial charge in [0.1, 0.15) is 6.10 Å². The molecule has 0 heterocycles. The van der Waals surface area contributed by atoms with Gasteiger partial charge in [-0.25, -0.2) is 0 Å². The van der Waals surface area contributed by atoms with Crippen LogP contribution in [0.1, 0.15) is 12.8 Å². The molecule has 2 atom stereocenters. The van der Waals surface area contributed by atoms with Crippen molar-refractivity contribution in [3.05, 3.63) is 0 Å². The largest absolute Gasteiger partial charge is 0.394 e. The molecule has 0 radical (unpaired) electrons. The molecule has 58 valence electrons. The Kier molecular flexibility index (Phi) is 4.95. The summed E-state index contributed by atoms with van der Waals surface area (Å²) in [6.07, 6.45) is 3.70. The zero-order chi connectivity index (χ0) is 7.98. The Labute approximate surface area is 60.3 Å². The average Bonchev–Trinajstić information content (AvgIpc) is 1.98. The van der Waals surface area contributed by atoms with E-state index < -0.39 is 18.8 Å². The maximum absolute atomic E-state index is 8.94. The SMILES string of the molecule is C#CCC[C@@H](O)[C@H](O)CO. The summed E-state index contributed by atoms with van der Waals surface area (Å²) in [5.41, 5.74) is 0. The molecule has 0 aromatic rings. The van der Waals surface area contributed by atoms with Crippen LogP contribution in [0.15, 0.2) is 0 Å². The number of hydrogen-bond donors (Lipinski definition) is 3. The summed E-state index contributed by atoms with van der Waals surface area (Å²) in [6, 6.07) is 0. The molecule has 0 aromatic carbocycles. The molecule has 0 bridgehead atoms. The second-order valence-corrected chi connectivity index (χ2v) is 2.06. The highest BCUT2D eigenvalue weighted by molar-refractivity contribution is 4.85. The summed E-state index contributed by atoms with van der Waals surface area (Å²) >= 11 is 0. The van der Waals surface area contributed by atoms with Gasteiger partial charge in [0.05, 0.1) is 12.7 Å². The minimum Gasteiger partial charge on any atom is -0.394 e. The van der Waals surface area contributed by atoms with E-state index in [1.54, 1.807) is 0 Å². The van der Waals surface area contributed by atoms with Crippen molar-refractivity contribution < 1.29 is 15.3 Å². The fourth-order valence-electron chi connectivity index (χ4n) is 0.545. The summed E-state index contributed by atoms with van der Waals surface area (Å²) < 4.78 is 0. The first-order valence-corrected chi connectivity index (χ1v) is 3.12. The van der Waals surface area contributed by atoms with Gasteiger partial charge in [0.25, 0.3) is 0 Å². The molecule has 0 saturated heterocycles. The highest BCUT2D eigenvalue weighted by Crippen LogP contribution is 2.00. The van der Waals surface area contributed by atoms with E-state index in [0.717, 1.165) is 0 Å². The van der Waals surface area contributed by atoms with Crippen LogP contribution in [0, 0.1) is 12.3 Å². The third kappa shape index (κ3) is 3.46. The van der Waals surface area contributed by atoms with Crippen molar-refractivity contribution in [3.63, 3.8) is 0 Å². The van der Waals surface area contributed by atoms with Gasteiger partial charge in [0, 0.05) is 6.42 Å². The molecule has 3 nitrogen and oxygen atoms in total. The van der Waals surface area contributed by atoms with Crippen LogP contribution in [0.5, 0.6) is 0 Å². The molecule has 0 aliphatic heterocycles. The van der Waals surface area contributed by atoms with Crippen LogP contribution < -0.4 is 0 Å². The molecular weight excluding hydrogens is 132 g/mol. The van der Waals surface area contributed by atoms with Gasteiger partial charge >= 0.3 is 0 Å². The van der Waals surface area contributed by atoms with E-state index in [1.165, 1.54) is 0 Å². The van der Waals surface area contributed by atoms with Crippen LogP contribution in [0.25, 0.3) is 0 Å². The first-order valence-electron chi connectivity index (χ1n) is 3.12. The molecule has 0 saturated carbocycles. The van der Waals surface area contributed by atoms with Crippen LogP contribution in [0.2, 0.25) is 0 Å². The van der Waals surface area contributed by atoms with Gasteiger partial charge in [-0.05, 0) is 6.42 Å². The van der Waals surface area contributed by atoms with Crippen molar-refractivity contribution in [1.82, 2.24) is 0 Å². The molecule has 10 heavy (non-hydrogen) atoms. The molecule has 0 rings (SSSR count). The minimum atomic E-state index is -1.06. The maximum atomic E-state index is 8.94. The van der Waals surface area contributed by atoms with Gasteiger partial charge < -0.3 is 15.3 Å². The number of aliphatic hydroxyl groups is 3. The number of hydrogen-bond acceptors (Lipinski definition) is 3. The normalized spacial score (nSPS) is 15.8.